The Morgan fingerprint density at radius 1 is 1.47 bits per heavy atom. The first kappa shape index (κ1) is 12.0. The number of aryl methyl sites for hydroxylation is 1. The summed E-state index contributed by atoms with van der Waals surface area (Å²) in [7, 11) is 1.93. The number of pyridine rings is 1. The number of furan rings is 1. The molecule has 0 saturated carbocycles. The van der Waals surface area contributed by atoms with E-state index < -0.39 is 0 Å². The van der Waals surface area contributed by atoms with E-state index in [9.17, 15) is 0 Å². The Morgan fingerprint density at radius 3 is 2.82 bits per heavy atom. The lowest BCUT2D eigenvalue weighted by Gasteiger charge is -2.18. The second-order valence-electron chi connectivity index (χ2n) is 3.93. The van der Waals surface area contributed by atoms with E-state index in [1.807, 2.05) is 37.1 Å². The number of nitrogen functional groups attached to an aromatic ring is 1. The molecule has 4 nitrogen and oxygen atoms in total. The van der Waals surface area contributed by atoms with E-state index in [1.165, 1.54) is 0 Å². The summed E-state index contributed by atoms with van der Waals surface area (Å²) in [5.74, 6) is 2.56. The van der Waals surface area contributed by atoms with E-state index in [4.69, 9.17) is 10.2 Å². The van der Waals surface area contributed by atoms with E-state index in [0.717, 1.165) is 21.8 Å². The molecule has 2 aromatic heterocycles. The molecule has 2 rings (SSSR count). The van der Waals surface area contributed by atoms with Crippen LogP contribution in [0.15, 0.2) is 33.3 Å². The van der Waals surface area contributed by atoms with Crippen LogP contribution < -0.4 is 10.6 Å². The SMILES string of the molecule is Cc1ccc(CN(C)c2ncc(Br)cc2N)o1. The van der Waals surface area contributed by atoms with E-state index in [1.54, 1.807) is 6.20 Å². The lowest BCUT2D eigenvalue weighted by atomic mass is 10.3. The topological polar surface area (TPSA) is 55.3 Å². The maximum absolute atomic E-state index is 5.92. The summed E-state index contributed by atoms with van der Waals surface area (Å²) in [6.45, 7) is 2.57. The van der Waals surface area contributed by atoms with Crippen molar-refractivity contribution >= 4 is 27.4 Å². The molecule has 2 N–H and O–H groups in total. The predicted molar refractivity (Wildman–Crippen MR) is 71.9 cm³/mol. The number of nitrogens with two attached hydrogens (primary N) is 1. The zero-order valence-corrected chi connectivity index (χ0v) is 11.4. The minimum absolute atomic E-state index is 0.644. The van der Waals surface area contributed by atoms with Crippen LogP contribution in [0, 0.1) is 6.92 Å². The summed E-state index contributed by atoms with van der Waals surface area (Å²) in [6, 6.07) is 5.74. The average molecular weight is 296 g/mol. The molecule has 0 spiro atoms. The first-order valence-electron chi connectivity index (χ1n) is 5.24. The Labute approximate surface area is 109 Å². The number of hydrogen-bond acceptors (Lipinski definition) is 4. The summed E-state index contributed by atoms with van der Waals surface area (Å²) in [5, 5.41) is 0. The van der Waals surface area contributed by atoms with Gasteiger partial charge in [-0.1, -0.05) is 0 Å². The van der Waals surface area contributed by atoms with Gasteiger partial charge in [-0.05, 0) is 41.1 Å². The highest BCUT2D eigenvalue weighted by molar-refractivity contribution is 9.10. The maximum atomic E-state index is 5.92. The molecule has 90 valence electrons. The second-order valence-corrected chi connectivity index (χ2v) is 4.85. The van der Waals surface area contributed by atoms with Gasteiger partial charge in [0.15, 0.2) is 5.82 Å². The summed E-state index contributed by atoms with van der Waals surface area (Å²) < 4.78 is 6.40. The van der Waals surface area contributed by atoms with Crippen LogP contribution in [0.2, 0.25) is 0 Å². The highest BCUT2D eigenvalue weighted by atomic mass is 79.9. The van der Waals surface area contributed by atoms with Gasteiger partial charge in [-0.25, -0.2) is 4.98 Å². The van der Waals surface area contributed by atoms with Gasteiger partial charge in [-0.2, -0.15) is 0 Å². The minimum Gasteiger partial charge on any atom is -0.464 e. The van der Waals surface area contributed by atoms with Gasteiger partial charge in [0.2, 0.25) is 0 Å². The molecule has 0 atom stereocenters. The van der Waals surface area contributed by atoms with E-state index in [2.05, 4.69) is 20.9 Å². The van der Waals surface area contributed by atoms with Crippen molar-refractivity contribution in [1.29, 1.82) is 0 Å². The van der Waals surface area contributed by atoms with Gasteiger partial charge in [-0.15, -0.1) is 0 Å². The highest BCUT2D eigenvalue weighted by Crippen LogP contribution is 2.24. The molecular formula is C12H14BrN3O. The molecular weight excluding hydrogens is 282 g/mol. The molecule has 0 radical (unpaired) electrons. The van der Waals surface area contributed by atoms with Crippen molar-refractivity contribution in [3.05, 3.63) is 40.4 Å². The van der Waals surface area contributed by atoms with Gasteiger partial charge < -0.3 is 15.1 Å². The molecule has 0 aliphatic carbocycles. The number of rotatable bonds is 3. The predicted octanol–water partition coefficient (Wildman–Crippen LogP) is 2.96. The van der Waals surface area contributed by atoms with Crippen molar-refractivity contribution in [3.8, 4) is 0 Å². The van der Waals surface area contributed by atoms with Gasteiger partial charge in [0, 0.05) is 17.7 Å². The fourth-order valence-corrected chi connectivity index (χ4v) is 1.99. The third-order valence-electron chi connectivity index (χ3n) is 2.41. The number of hydrogen-bond donors (Lipinski definition) is 1. The monoisotopic (exact) mass is 295 g/mol. The van der Waals surface area contributed by atoms with Gasteiger partial charge >= 0.3 is 0 Å². The van der Waals surface area contributed by atoms with Crippen molar-refractivity contribution in [2.24, 2.45) is 0 Å². The van der Waals surface area contributed by atoms with Crippen LogP contribution in [0.4, 0.5) is 11.5 Å². The van der Waals surface area contributed by atoms with Crippen molar-refractivity contribution in [1.82, 2.24) is 4.98 Å². The standard InChI is InChI=1S/C12H14BrN3O/c1-8-3-4-10(17-8)7-16(2)12-11(14)5-9(13)6-15-12/h3-6H,7,14H2,1-2H3. The van der Waals surface area contributed by atoms with Crippen LogP contribution in [0.1, 0.15) is 11.5 Å². The molecule has 0 aliphatic heterocycles. The summed E-state index contributed by atoms with van der Waals surface area (Å²) in [6.07, 6.45) is 1.73. The van der Waals surface area contributed by atoms with E-state index in [0.29, 0.717) is 12.2 Å². The molecule has 0 aliphatic rings. The molecule has 0 fully saturated rings. The van der Waals surface area contributed by atoms with Crippen molar-refractivity contribution in [2.45, 2.75) is 13.5 Å². The van der Waals surface area contributed by atoms with E-state index in [-0.39, 0.29) is 0 Å². The largest absolute Gasteiger partial charge is 0.464 e. The Morgan fingerprint density at radius 2 is 2.24 bits per heavy atom. The smallest absolute Gasteiger partial charge is 0.151 e. The molecule has 2 heterocycles. The first-order valence-corrected chi connectivity index (χ1v) is 6.03. The fraction of sp³-hybridized carbons (Fsp3) is 0.250. The second kappa shape index (κ2) is 4.79. The molecule has 0 saturated heterocycles. The van der Waals surface area contributed by atoms with Gasteiger partial charge in [-0.3, -0.25) is 0 Å². The maximum Gasteiger partial charge on any atom is 0.151 e. The number of halogens is 1. The third-order valence-corrected chi connectivity index (χ3v) is 2.85. The number of anilines is 2. The zero-order valence-electron chi connectivity index (χ0n) is 9.77. The minimum atomic E-state index is 0.644. The Balaban J connectivity index is 2.17. The Kier molecular flexibility index (Phi) is 3.38. The number of aromatic nitrogens is 1. The number of nitrogens with zero attached hydrogens (tertiary/aromatic N) is 2. The Hall–Kier alpha value is -1.49. The lowest BCUT2D eigenvalue weighted by Crippen LogP contribution is -2.18. The highest BCUT2D eigenvalue weighted by Gasteiger charge is 2.09. The lowest BCUT2D eigenvalue weighted by molar-refractivity contribution is 0.481. The van der Waals surface area contributed by atoms with Crippen LogP contribution in [0.25, 0.3) is 0 Å². The fourth-order valence-electron chi connectivity index (χ4n) is 1.65. The summed E-state index contributed by atoms with van der Waals surface area (Å²) in [5.41, 5.74) is 6.56. The van der Waals surface area contributed by atoms with Gasteiger partial charge in [0.05, 0.1) is 12.2 Å². The van der Waals surface area contributed by atoms with Crippen LogP contribution in [0.5, 0.6) is 0 Å². The van der Waals surface area contributed by atoms with Crippen LogP contribution >= 0.6 is 15.9 Å². The van der Waals surface area contributed by atoms with Crippen LogP contribution in [0.3, 0.4) is 0 Å². The van der Waals surface area contributed by atoms with Crippen LogP contribution in [-0.2, 0) is 6.54 Å². The molecule has 17 heavy (non-hydrogen) atoms. The molecule has 0 unspecified atom stereocenters. The Bertz CT molecular complexity index is 524. The van der Waals surface area contributed by atoms with E-state index >= 15 is 0 Å². The molecule has 2 aromatic rings. The molecule has 0 aromatic carbocycles. The third kappa shape index (κ3) is 2.79. The molecule has 0 amide bonds. The van der Waals surface area contributed by atoms with Crippen molar-refractivity contribution < 1.29 is 4.42 Å². The van der Waals surface area contributed by atoms with Crippen molar-refractivity contribution in [2.75, 3.05) is 17.7 Å². The zero-order chi connectivity index (χ0) is 12.4. The molecule has 0 bridgehead atoms. The summed E-state index contributed by atoms with van der Waals surface area (Å²) in [4.78, 5) is 6.25. The summed E-state index contributed by atoms with van der Waals surface area (Å²) >= 11 is 3.34. The molecule has 5 heteroatoms. The van der Waals surface area contributed by atoms with Gasteiger partial charge in [0.1, 0.15) is 11.5 Å². The average Bonchev–Trinajstić information content (AvgIpc) is 2.63. The quantitative estimate of drug-likeness (QED) is 0.946. The van der Waals surface area contributed by atoms with Crippen LogP contribution in [-0.4, -0.2) is 12.0 Å². The normalized spacial score (nSPS) is 10.5. The first-order chi connectivity index (χ1) is 8.06. The van der Waals surface area contributed by atoms with Gasteiger partial charge in [0.25, 0.3) is 0 Å². The van der Waals surface area contributed by atoms with Crippen molar-refractivity contribution in [3.63, 3.8) is 0 Å².